The van der Waals surface area contributed by atoms with Crippen molar-refractivity contribution in [3.63, 3.8) is 0 Å². The summed E-state index contributed by atoms with van der Waals surface area (Å²) >= 11 is 0. The Kier molecular flexibility index (Phi) is 6.27. The zero-order valence-corrected chi connectivity index (χ0v) is 15.9. The Hall–Kier alpha value is -1.92. The van der Waals surface area contributed by atoms with Gasteiger partial charge >= 0.3 is 0 Å². The number of benzene rings is 1. The molecule has 2 aliphatic rings. The topological polar surface area (TPSA) is 55.9 Å². The second-order valence-electron chi connectivity index (χ2n) is 7.32. The lowest BCUT2D eigenvalue weighted by molar-refractivity contribution is -0.132. The number of likely N-dealkylation sites (N-methyl/N-ethyl adjacent to an activating group) is 2. The van der Waals surface area contributed by atoms with E-state index >= 15 is 0 Å². The molecule has 1 aromatic rings. The highest BCUT2D eigenvalue weighted by atomic mass is 16.2. The summed E-state index contributed by atoms with van der Waals surface area (Å²) in [6.07, 6.45) is 2.41. The highest BCUT2D eigenvalue weighted by Crippen LogP contribution is 2.18. The number of likely N-dealkylation sites (tertiary alicyclic amines) is 1. The molecule has 2 amide bonds. The molecular formula is C20H30N4O2. The van der Waals surface area contributed by atoms with Crippen LogP contribution in [-0.2, 0) is 16.0 Å². The fourth-order valence-corrected chi connectivity index (χ4v) is 3.77. The molecular weight excluding hydrogens is 328 g/mol. The first kappa shape index (κ1) is 18.9. The molecule has 2 aliphatic heterocycles. The van der Waals surface area contributed by atoms with Gasteiger partial charge in [0.05, 0.1) is 12.5 Å². The highest BCUT2D eigenvalue weighted by Gasteiger charge is 2.27. The molecule has 1 unspecified atom stereocenters. The summed E-state index contributed by atoms with van der Waals surface area (Å²) in [5, 5.41) is 2.99. The van der Waals surface area contributed by atoms with E-state index in [9.17, 15) is 9.59 Å². The van der Waals surface area contributed by atoms with Crippen molar-refractivity contribution in [3.8, 4) is 0 Å². The molecule has 6 nitrogen and oxygen atoms in total. The van der Waals surface area contributed by atoms with Gasteiger partial charge < -0.3 is 15.1 Å². The minimum atomic E-state index is -0.0296. The van der Waals surface area contributed by atoms with Gasteiger partial charge in [-0.05, 0) is 50.7 Å². The van der Waals surface area contributed by atoms with Gasteiger partial charge in [-0.3, -0.25) is 14.5 Å². The van der Waals surface area contributed by atoms with Crippen LogP contribution >= 0.6 is 0 Å². The van der Waals surface area contributed by atoms with Gasteiger partial charge in [0.15, 0.2) is 0 Å². The van der Waals surface area contributed by atoms with Gasteiger partial charge in [0.25, 0.3) is 0 Å². The van der Waals surface area contributed by atoms with Crippen molar-refractivity contribution in [2.45, 2.75) is 32.2 Å². The van der Waals surface area contributed by atoms with Crippen LogP contribution in [0.2, 0.25) is 0 Å². The number of nitrogens with one attached hydrogen (secondary N) is 1. The van der Waals surface area contributed by atoms with Crippen LogP contribution in [0.25, 0.3) is 0 Å². The molecule has 2 saturated heterocycles. The van der Waals surface area contributed by atoms with Gasteiger partial charge in [0.1, 0.15) is 0 Å². The average Bonchev–Trinajstić information content (AvgIpc) is 3.09. The molecule has 1 atom stereocenters. The Morgan fingerprint density at radius 2 is 1.77 bits per heavy atom. The van der Waals surface area contributed by atoms with Crippen molar-refractivity contribution in [3.05, 3.63) is 29.8 Å². The highest BCUT2D eigenvalue weighted by molar-refractivity contribution is 5.95. The third kappa shape index (κ3) is 4.62. The Labute approximate surface area is 156 Å². The van der Waals surface area contributed by atoms with Gasteiger partial charge in [-0.25, -0.2) is 0 Å². The largest absolute Gasteiger partial charge is 0.340 e. The molecule has 0 bridgehead atoms. The zero-order valence-electron chi connectivity index (χ0n) is 15.9. The molecule has 0 radical (unpaired) electrons. The third-order valence-electron chi connectivity index (χ3n) is 5.57. The van der Waals surface area contributed by atoms with Crippen LogP contribution in [0.1, 0.15) is 25.3 Å². The van der Waals surface area contributed by atoms with Crippen molar-refractivity contribution in [1.82, 2.24) is 14.7 Å². The van der Waals surface area contributed by atoms with Crippen LogP contribution in [0, 0.1) is 0 Å². The number of nitrogens with zero attached hydrogens (tertiary/aromatic N) is 3. The monoisotopic (exact) mass is 358 g/mol. The summed E-state index contributed by atoms with van der Waals surface area (Å²) in [4.78, 5) is 31.2. The first-order valence-corrected chi connectivity index (χ1v) is 9.67. The van der Waals surface area contributed by atoms with E-state index in [2.05, 4.69) is 22.0 Å². The van der Waals surface area contributed by atoms with Crippen LogP contribution in [0.15, 0.2) is 24.3 Å². The van der Waals surface area contributed by atoms with Crippen LogP contribution in [-0.4, -0.2) is 78.9 Å². The SMILES string of the molecule is CCN1CCN(C(=O)Cc2ccc(NC(=O)C3CCCN3C)cc2)CC1. The quantitative estimate of drug-likeness (QED) is 0.865. The zero-order chi connectivity index (χ0) is 18.5. The molecule has 2 fully saturated rings. The predicted octanol–water partition coefficient (Wildman–Crippen LogP) is 1.43. The molecule has 0 saturated carbocycles. The predicted molar refractivity (Wildman–Crippen MR) is 103 cm³/mol. The first-order valence-electron chi connectivity index (χ1n) is 9.67. The van der Waals surface area contributed by atoms with Crippen molar-refractivity contribution in [2.24, 2.45) is 0 Å². The van der Waals surface area contributed by atoms with Gasteiger partial charge in [-0.2, -0.15) is 0 Å². The normalized spacial score (nSPS) is 21.8. The fourth-order valence-electron chi connectivity index (χ4n) is 3.77. The summed E-state index contributed by atoms with van der Waals surface area (Å²) < 4.78 is 0. The van der Waals surface area contributed by atoms with Crippen LogP contribution < -0.4 is 5.32 Å². The Morgan fingerprint density at radius 1 is 1.08 bits per heavy atom. The molecule has 142 valence electrons. The maximum absolute atomic E-state index is 12.5. The van der Waals surface area contributed by atoms with Gasteiger partial charge in [0.2, 0.25) is 11.8 Å². The second-order valence-corrected chi connectivity index (χ2v) is 7.32. The smallest absolute Gasteiger partial charge is 0.241 e. The third-order valence-corrected chi connectivity index (χ3v) is 5.57. The molecule has 6 heteroatoms. The van der Waals surface area contributed by atoms with Crippen LogP contribution in [0.4, 0.5) is 5.69 Å². The van der Waals surface area contributed by atoms with E-state index in [0.717, 1.165) is 63.4 Å². The summed E-state index contributed by atoms with van der Waals surface area (Å²) in [6, 6.07) is 7.63. The van der Waals surface area contributed by atoms with Gasteiger partial charge in [0, 0.05) is 31.9 Å². The number of piperazine rings is 1. The molecule has 0 aromatic heterocycles. The fraction of sp³-hybridized carbons (Fsp3) is 0.600. The van der Waals surface area contributed by atoms with Crippen molar-refractivity contribution in [2.75, 3.05) is 51.6 Å². The van der Waals surface area contributed by atoms with Gasteiger partial charge in [-0.15, -0.1) is 0 Å². The molecule has 0 aliphatic carbocycles. The molecule has 26 heavy (non-hydrogen) atoms. The number of anilines is 1. The lowest BCUT2D eigenvalue weighted by atomic mass is 10.1. The molecule has 1 N–H and O–H groups in total. The van der Waals surface area contributed by atoms with Gasteiger partial charge in [-0.1, -0.05) is 19.1 Å². The molecule has 2 heterocycles. The van der Waals surface area contributed by atoms with E-state index in [-0.39, 0.29) is 17.9 Å². The standard InChI is InChI=1S/C20H30N4O2/c1-3-23-11-13-24(14-12-23)19(25)15-16-6-8-17(9-7-16)21-20(26)18-5-4-10-22(18)2/h6-9,18H,3-5,10-15H2,1-2H3,(H,21,26). The minimum Gasteiger partial charge on any atom is -0.340 e. The van der Waals surface area contributed by atoms with Crippen LogP contribution in [0.5, 0.6) is 0 Å². The lowest BCUT2D eigenvalue weighted by Crippen LogP contribution is -2.48. The summed E-state index contributed by atoms with van der Waals surface area (Å²) in [6.45, 7) is 7.73. The van der Waals surface area contributed by atoms with E-state index in [1.165, 1.54) is 0 Å². The number of carbonyl (C=O) groups excluding carboxylic acids is 2. The van der Waals surface area contributed by atoms with E-state index in [4.69, 9.17) is 0 Å². The number of hydrogen-bond acceptors (Lipinski definition) is 4. The average molecular weight is 358 g/mol. The minimum absolute atomic E-state index is 0.0296. The molecule has 3 rings (SSSR count). The van der Waals surface area contributed by atoms with Crippen molar-refractivity contribution >= 4 is 17.5 Å². The van der Waals surface area contributed by atoms with E-state index in [1.807, 2.05) is 36.2 Å². The Morgan fingerprint density at radius 3 is 2.35 bits per heavy atom. The molecule has 1 aromatic carbocycles. The summed E-state index contributed by atoms with van der Waals surface area (Å²) in [5.74, 6) is 0.243. The summed E-state index contributed by atoms with van der Waals surface area (Å²) in [5.41, 5.74) is 1.78. The summed E-state index contributed by atoms with van der Waals surface area (Å²) in [7, 11) is 1.99. The number of hydrogen-bond donors (Lipinski definition) is 1. The molecule has 0 spiro atoms. The van der Waals surface area contributed by atoms with Crippen LogP contribution in [0.3, 0.4) is 0 Å². The van der Waals surface area contributed by atoms with E-state index in [1.54, 1.807) is 0 Å². The van der Waals surface area contributed by atoms with E-state index in [0.29, 0.717) is 6.42 Å². The van der Waals surface area contributed by atoms with Crippen molar-refractivity contribution in [1.29, 1.82) is 0 Å². The maximum atomic E-state index is 12.5. The Bertz CT molecular complexity index is 623. The number of carbonyl (C=O) groups is 2. The van der Waals surface area contributed by atoms with Crippen molar-refractivity contribution < 1.29 is 9.59 Å². The second kappa shape index (κ2) is 8.64. The van der Waals surface area contributed by atoms with E-state index < -0.39 is 0 Å². The lowest BCUT2D eigenvalue weighted by Gasteiger charge is -2.34. The maximum Gasteiger partial charge on any atom is 0.241 e. The Balaban J connectivity index is 1.50. The first-order chi connectivity index (χ1) is 12.6. The number of amides is 2. The number of rotatable bonds is 5.